The maximum absolute atomic E-state index is 9.34. The Hall–Kier alpha value is -2.16. The van der Waals surface area contributed by atoms with Crippen molar-refractivity contribution in [3.63, 3.8) is 0 Å². The van der Waals surface area contributed by atoms with Crippen molar-refractivity contribution in [2.45, 2.75) is 26.5 Å². The van der Waals surface area contributed by atoms with Crippen molar-refractivity contribution >= 4 is 29.9 Å². The van der Waals surface area contributed by atoms with E-state index in [2.05, 4.69) is 15.6 Å². The Balaban J connectivity index is 0.00000364. The van der Waals surface area contributed by atoms with Crippen LogP contribution >= 0.6 is 24.0 Å². The smallest absolute Gasteiger partial charge is 0.191 e. The summed E-state index contributed by atoms with van der Waals surface area (Å²) in [6.45, 7) is 5.90. The predicted octanol–water partition coefficient (Wildman–Crippen LogP) is 3.54. The molecule has 0 aliphatic rings. The molecule has 0 fully saturated rings. The normalized spacial score (nSPS) is 11.9. The topological polar surface area (TPSA) is 75.1 Å². The summed E-state index contributed by atoms with van der Waals surface area (Å²) in [5.74, 6) is 2.41. The third kappa shape index (κ3) is 7.94. The van der Waals surface area contributed by atoms with E-state index in [4.69, 9.17) is 9.47 Å². The molecule has 27 heavy (non-hydrogen) atoms. The van der Waals surface area contributed by atoms with Crippen LogP contribution in [0.15, 0.2) is 53.5 Å². The van der Waals surface area contributed by atoms with Crippen molar-refractivity contribution in [1.82, 2.24) is 10.6 Å². The molecule has 0 aromatic heterocycles. The number of methoxy groups -OCH3 is 1. The zero-order valence-corrected chi connectivity index (χ0v) is 18.3. The monoisotopic (exact) mass is 485 g/mol. The van der Waals surface area contributed by atoms with Crippen LogP contribution in [0.5, 0.6) is 17.2 Å². The maximum atomic E-state index is 9.34. The van der Waals surface area contributed by atoms with Crippen molar-refractivity contribution in [2.75, 3.05) is 20.2 Å². The van der Waals surface area contributed by atoms with Gasteiger partial charge in [-0.3, -0.25) is 0 Å². The number of aliphatic imine (C=N–C) groups is 1. The first-order chi connectivity index (χ1) is 12.6. The highest BCUT2D eigenvalue weighted by atomic mass is 127. The second-order valence-electron chi connectivity index (χ2n) is 5.82. The minimum Gasteiger partial charge on any atom is -0.508 e. The standard InChI is InChI=1S/C20H27N3O3.HI/c1-4-21-20(23-14-16-9-11-17(24)12-10-16)22-13-15(2)26-19-8-6-5-7-18(19)25-3;/h5-12,15,24H,4,13-14H2,1-3H3,(H2,21,22,23);1H. The summed E-state index contributed by atoms with van der Waals surface area (Å²) in [6.07, 6.45) is -0.0659. The Kier molecular flexibility index (Phi) is 10.4. The highest BCUT2D eigenvalue weighted by molar-refractivity contribution is 14.0. The highest BCUT2D eigenvalue weighted by Gasteiger charge is 2.09. The van der Waals surface area contributed by atoms with Crippen LogP contribution in [-0.4, -0.2) is 37.4 Å². The number of hydrogen-bond acceptors (Lipinski definition) is 4. The van der Waals surface area contributed by atoms with Crippen LogP contribution in [-0.2, 0) is 6.54 Å². The number of para-hydroxylation sites is 2. The molecule has 0 aliphatic carbocycles. The van der Waals surface area contributed by atoms with Gasteiger partial charge < -0.3 is 25.2 Å². The van der Waals surface area contributed by atoms with Gasteiger partial charge in [-0.15, -0.1) is 24.0 Å². The van der Waals surface area contributed by atoms with Gasteiger partial charge in [0, 0.05) is 6.54 Å². The van der Waals surface area contributed by atoms with E-state index in [9.17, 15) is 5.11 Å². The first-order valence-electron chi connectivity index (χ1n) is 8.72. The van der Waals surface area contributed by atoms with E-state index in [1.807, 2.05) is 50.2 Å². The van der Waals surface area contributed by atoms with E-state index in [-0.39, 0.29) is 35.8 Å². The third-order valence-electron chi connectivity index (χ3n) is 3.65. The lowest BCUT2D eigenvalue weighted by molar-refractivity contribution is 0.213. The second-order valence-corrected chi connectivity index (χ2v) is 5.82. The van der Waals surface area contributed by atoms with Crippen LogP contribution in [0.25, 0.3) is 0 Å². The van der Waals surface area contributed by atoms with E-state index >= 15 is 0 Å². The number of ether oxygens (including phenoxy) is 2. The van der Waals surface area contributed by atoms with Crippen molar-refractivity contribution in [3.8, 4) is 17.2 Å². The molecule has 2 aromatic rings. The maximum Gasteiger partial charge on any atom is 0.191 e. The molecule has 148 valence electrons. The minimum atomic E-state index is -0.0659. The first-order valence-corrected chi connectivity index (χ1v) is 8.72. The third-order valence-corrected chi connectivity index (χ3v) is 3.65. The Labute approximate surface area is 178 Å². The van der Waals surface area contributed by atoms with Crippen LogP contribution in [0.2, 0.25) is 0 Å². The quantitative estimate of drug-likeness (QED) is 0.303. The molecule has 7 heteroatoms. The Morgan fingerprint density at radius 1 is 1.07 bits per heavy atom. The van der Waals surface area contributed by atoms with Gasteiger partial charge in [-0.2, -0.15) is 0 Å². The molecule has 0 radical (unpaired) electrons. The van der Waals surface area contributed by atoms with Crippen LogP contribution in [0, 0.1) is 0 Å². The lowest BCUT2D eigenvalue weighted by Crippen LogP contribution is -2.41. The molecule has 0 bridgehead atoms. The summed E-state index contributed by atoms with van der Waals surface area (Å²) in [6, 6.07) is 14.6. The van der Waals surface area contributed by atoms with Gasteiger partial charge in [-0.05, 0) is 43.7 Å². The van der Waals surface area contributed by atoms with Gasteiger partial charge in [0.2, 0.25) is 0 Å². The number of hydrogen-bond donors (Lipinski definition) is 3. The number of rotatable bonds is 8. The molecule has 2 rings (SSSR count). The van der Waals surface area contributed by atoms with E-state index in [0.717, 1.165) is 23.8 Å². The van der Waals surface area contributed by atoms with Crippen molar-refractivity contribution < 1.29 is 14.6 Å². The number of aromatic hydroxyl groups is 1. The molecule has 1 atom stereocenters. The summed E-state index contributed by atoms with van der Waals surface area (Å²) < 4.78 is 11.2. The van der Waals surface area contributed by atoms with Crippen LogP contribution in [0.3, 0.4) is 0 Å². The molecule has 1 unspecified atom stereocenters. The van der Waals surface area contributed by atoms with Gasteiger partial charge in [0.05, 0.1) is 20.2 Å². The van der Waals surface area contributed by atoms with Gasteiger partial charge in [0.1, 0.15) is 11.9 Å². The average molecular weight is 485 g/mol. The van der Waals surface area contributed by atoms with E-state index < -0.39 is 0 Å². The number of phenolic OH excluding ortho intramolecular Hbond substituents is 1. The zero-order chi connectivity index (χ0) is 18.8. The fourth-order valence-corrected chi connectivity index (χ4v) is 2.33. The summed E-state index contributed by atoms with van der Waals surface area (Å²) in [4.78, 5) is 4.56. The molecule has 0 saturated carbocycles. The lowest BCUT2D eigenvalue weighted by Gasteiger charge is -2.19. The molecular formula is C20H28IN3O3. The van der Waals surface area contributed by atoms with E-state index in [0.29, 0.717) is 18.8 Å². The van der Waals surface area contributed by atoms with Crippen LogP contribution in [0.1, 0.15) is 19.4 Å². The molecule has 0 aliphatic heterocycles. The fraction of sp³-hybridized carbons (Fsp3) is 0.350. The zero-order valence-electron chi connectivity index (χ0n) is 15.9. The lowest BCUT2D eigenvalue weighted by atomic mass is 10.2. The van der Waals surface area contributed by atoms with E-state index in [1.54, 1.807) is 19.2 Å². The molecule has 0 heterocycles. The fourth-order valence-electron chi connectivity index (χ4n) is 2.33. The molecule has 0 spiro atoms. The summed E-state index contributed by atoms with van der Waals surface area (Å²) in [5.41, 5.74) is 1.03. The molecule has 0 saturated heterocycles. The average Bonchev–Trinajstić information content (AvgIpc) is 2.65. The van der Waals surface area contributed by atoms with Gasteiger partial charge in [0.25, 0.3) is 0 Å². The number of halogens is 1. The molecular weight excluding hydrogens is 457 g/mol. The molecule has 0 amide bonds. The predicted molar refractivity (Wildman–Crippen MR) is 119 cm³/mol. The SMILES string of the molecule is CCNC(=NCc1ccc(O)cc1)NCC(C)Oc1ccccc1OC.I. The van der Waals surface area contributed by atoms with Crippen LogP contribution < -0.4 is 20.1 Å². The van der Waals surface area contributed by atoms with Crippen molar-refractivity contribution in [2.24, 2.45) is 4.99 Å². The summed E-state index contributed by atoms with van der Waals surface area (Å²) >= 11 is 0. The summed E-state index contributed by atoms with van der Waals surface area (Å²) in [7, 11) is 1.63. The Morgan fingerprint density at radius 3 is 2.37 bits per heavy atom. The van der Waals surface area contributed by atoms with Crippen LogP contribution in [0.4, 0.5) is 0 Å². The van der Waals surface area contributed by atoms with Gasteiger partial charge in [-0.1, -0.05) is 24.3 Å². The van der Waals surface area contributed by atoms with Crippen molar-refractivity contribution in [3.05, 3.63) is 54.1 Å². The minimum absolute atomic E-state index is 0. The van der Waals surface area contributed by atoms with Crippen molar-refractivity contribution in [1.29, 1.82) is 0 Å². The number of guanidine groups is 1. The molecule has 3 N–H and O–H groups in total. The number of benzene rings is 2. The Bertz CT molecular complexity index is 708. The number of phenols is 1. The highest BCUT2D eigenvalue weighted by Crippen LogP contribution is 2.26. The molecule has 6 nitrogen and oxygen atoms in total. The summed E-state index contributed by atoms with van der Waals surface area (Å²) in [5, 5.41) is 15.8. The van der Waals surface area contributed by atoms with E-state index in [1.165, 1.54) is 0 Å². The van der Waals surface area contributed by atoms with Gasteiger partial charge in [0.15, 0.2) is 17.5 Å². The molecule has 2 aromatic carbocycles. The largest absolute Gasteiger partial charge is 0.508 e. The van der Waals surface area contributed by atoms with Gasteiger partial charge in [-0.25, -0.2) is 4.99 Å². The first kappa shape index (κ1) is 22.9. The Morgan fingerprint density at radius 2 is 1.74 bits per heavy atom. The second kappa shape index (κ2) is 12.3. The number of nitrogens with one attached hydrogen (secondary N) is 2. The number of nitrogens with zero attached hydrogens (tertiary/aromatic N) is 1. The van der Waals surface area contributed by atoms with Gasteiger partial charge >= 0.3 is 0 Å².